The quantitative estimate of drug-likeness (QED) is 0.815. The second kappa shape index (κ2) is 6.22. The normalized spacial score (nSPS) is 19.8. The van der Waals surface area contributed by atoms with E-state index in [1.807, 2.05) is 0 Å². The molecule has 1 amide bonds. The zero-order valence-electron chi connectivity index (χ0n) is 11.7. The van der Waals surface area contributed by atoms with Gasteiger partial charge in [0.15, 0.2) is 0 Å². The maximum absolute atomic E-state index is 13.7. The Labute approximate surface area is 118 Å². The zero-order valence-corrected chi connectivity index (χ0v) is 11.7. The number of carbonyl (C=O) groups excluding carboxylic acids is 1. The van der Waals surface area contributed by atoms with Crippen LogP contribution in [0.4, 0.5) is 10.1 Å². The Hall–Kier alpha value is -1.62. The number of nitrogens with zero attached hydrogens (tertiary/aromatic N) is 1. The first-order chi connectivity index (χ1) is 9.54. The van der Waals surface area contributed by atoms with Crippen LogP contribution in [0.2, 0.25) is 0 Å². The summed E-state index contributed by atoms with van der Waals surface area (Å²) in [4.78, 5) is 14.2. The molecule has 4 nitrogen and oxygen atoms in total. The molecular weight excluding hydrogens is 259 g/mol. The van der Waals surface area contributed by atoms with Gasteiger partial charge in [-0.05, 0) is 31.9 Å². The summed E-state index contributed by atoms with van der Waals surface area (Å²) in [6, 6.07) is 2.56. The van der Waals surface area contributed by atoms with Gasteiger partial charge in [-0.3, -0.25) is 4.79 Å². The highest BCUT2D eigenvalue weighted by molar-refractivity contribution is 5.95. The van der Waals surface area contributed by atoms with Crippen LogP contribution in [0.5, 0.6) is 0 Å². The molecule has 1 heterocycles. The first kappa shape index (κ1) is 14.8. The molecule has 0 saturated carbocycles. The Kier molecular flexibility index (Phi) is 4.60. The van der Waals surface area contributed by atoms with Crippen LogP contribution in [0.1, 0.15) is 41.6 Å². The molecule has 1 aliphatic rings. The summed E-state index contributed by atoms with van der Waals surface area (Å²) < 4.78 is 13.7. The Morgan fingerprint density at radius 3 is 2.85 bits per heavy atom. The Balaban J connectivity index is 2.29. The molecule has 1 atom stereocenters. The molecule has 0 aromatic heterocycles. The molecular formula is C15H21FN2O2. The molecule has 3 N–H and O–H groups in total. The molecule has 0 aliphatic carbocycles. The van der Waals surface area contributed by atoms with Crippen molar-refractivity contribution in [1.29, 1.82) is 0 Å². The van der Waals surface area contributed by atoms with Gasteiger partial charge >= 0.3 is 0 Å². The highest BCUT2D eigenvalue weighted by Crippen LogP contribution is 2.22. The molecule has 20 heavy (non-hydrogen) atoms. The predicted molar refractivity (Wildman–Crippen MR) is 75.9 cm³/mol. The maximum atomic E-state index is 13.7. The summed E-state index contributed by atoms with van der Waals surface area (Å²) in [6.07, 6.45) is 3.74. The number of aliphatic hydroxyl groups excluding tert-OH is 1. The molecule has 1 unspecified atom stereocenters. The molecule has 0 spiro atoms. The molecule has 1 saturated heterocycles. The third kappa shape index (κ3) is 2.93. The van der Waals surface area contributed by atoms with E-state index in [0.717, 1.165) is 25.7 Å². The van der Waals surface area contributed by atoms with Crippen LogP contribution in [-0.2, 0) is 0 Å². The molecule has 5 heteroatoms. The second-order valence-electron chi connectivity index (χ2n) is 5.36. The number of anilines is 1. The van der Waals surface area contributed by atoms with Crippen LogP contribution in [0.25, 0.3) is 0 Å². The van der Waals surface area contributed by atoms with Crippen LogP contribution in [0.3, 0.4) is 0 Å². The van der Waals surface area contributed by atoms with Gasteiger partial charge in [0.2, 0.25) is 0 Å². The van der Waals surface area contributed by atoms with Crippen molar-refractivity contribution in [3.05, 3.63) is 29.1 Å². The molecule has 1 aromatic rings. The SMILES string of the molecule is Cc1c(N)cc(C(=O)N2CCCCCC2CO)cc1F. The van der Waals surface area contributed by atoms with E-state index in [9.17, 15) is 14.3 Å². The van der Waals surface area contributed by atoms with Gasteiger partial charge in [-0.1, -0.05) is 12.8 Å². The molecule has 0 radical (unpaired) electrons. The zero-order chi connectivity index (χ0) is 14.7. The van der Waals surface area contributed by atoms with Crippen molar-refractivity contribution in [3.8, 4) is 0 Å². The van der Waals surface area contributed by atoms with Crippen LogP contribution in [0.15, 0.2) is 12.1 Å². The van der Waals surface area contributed by atoms with Crippen molar-refractivity contribution in [1.82, 2.24) is 4.90 Å². The topological polar surface area (TPSA) is 66.6 Å². The van der Waals surface area contributed by atoms with E-state index in [1.54, 1.807) is 11.8 Å². The number of nitrogen functional groups attached to an aromatic ring is 1. The van der Waals surface area contributed by atoms with Gasteiger partial charge in [-0.15, -0.1) is 0 Å². The standard InChI is InChI=1S/C15H21FN2O2/c1-10-13(16)7-11(8-14(10)17)15(20)18-6-4-2-3-5-12(18)9-19/h7-8,12,19H,2-6,9,17H2,1H3. The number of nitrogens with two attached hydrogens (primary N) is 1. The van der Waals surface area contributed by atoms with Crippen molar-refractivity contribution in [2.24, 2.45) is 0 Å². The molecule has 110 valence electrons. The van der Waals surface area contributed by atoms with Gasteiger partial charge in [-0.2, -0.15) is 0 Å². The summed E-state index contributed by atoms with van der Waals surface area (Å²) in [7, 11) is 0. The van der Waals surface area contributed by atoms with Gasteiger partial charge in [-0.25, -0.2) is 4.39 Å². The minimum Gasteiger partial charge on any atom is -0.398 e. The lowest BCUT2D eigenvalue weighted by Gasteiger charge is -2.29. The largest absolute Gasteiger partial charge is 0.398 e. The smallest absolute Gasteiger partial charge is 0.254 e. The lowest BCUT2D eigenvalue weighted by Crippen LogP contribution is -2.42. The van der Waals surface area contributed by atoms with Gasteiger partial charge in [0, 0.05) is 23.4 Å². The highest BCUT2D eigenvalue weighted by atomic mass is 19.1. The van der Waals surface area contributed by atoms with Crippen molar-refractivity contribution < 1.29 is 14.3 Å². The number of amides is 1. The third-order valence-corrected chi connectivity index (χ3v) is 3.98. The number of carbonyl (C=O) groups is 1. The average Bonchev–Trinajstić information content (AvgIpc) is 2.68. The number of aliphatic hydroxyl groups is 1. The molecule has 0 bridgehead atoms. The first-order valence-electron chi connectivity index (χ1n) is 7.02. The number of rotatable bonds is 2. The lowest BCUT2D eigenvalue weighted by molar-refractivity contribution is 0.0599. The van der Waals surface area contributed by atoms with E-state index < -0.39 is 5.82 Å². The van der Waals surface area contributed by atoms with Gasteiger partial charge < -0.3 is 15.7 Å². The fraction of sp³-hybridized carbons (Fsp3) is 0.533. The summed E-state index contributed by atoms with van der Waals surface area (Å²) in [5.41, 5.74) is 6.62. The predicted octanol–water partition coefficient (Wildman–Crippen LogP) is 2.09. The van der Waals surface area contributed by atoms with Gasteiger partial charge in [0.1, 0.15) is 5.82 Å². The summed E-state index contributed by atoms with van der Waals surface area (Å²) in [5, 5.41) is 9.44. The maximum Gasteiger partial charge on any atom is 0.254 e. The number of likely N-dealkylation sites (tertiary alicyclic amines) is 1. The lowest BCUT2D eigenvalue weighted by atomic mass is 10.1. The first-order valence-corrected chi connectivity index (χ1v) is 7.02. The minimum atomic E-state index is -0.469. The molecule has 1 fully saturated rings. The molecule has 1 aliphatic heterocycles. The number of hydrogen-bond donors (Lipinski definition) is 2. The fourth-order valence-corrected chi connectivity index (χ4v) is 2.62. The van der Waals surface area contributed by atoms with Crippen molar-refractivity contribution in [3.63, 3.8) is 0 Å². The Morgan fingerprint density at radius 2 is 2.20 bits per heavy atom. The van der Waals surface area contributed by atoms with E-state index in [0.29, 0.717) is 12.1 Å². The van der Waals surface area contributed by atoms with E-state index >= 15 is 0 Å². The van der Waals surface area contributed by atoms with Gasteiger partial charge in [0.05, 0.1) is 12.6 Å². The monoisotopic (exact) mass is 280 g/mol. The third-order valence-electron chi connectivity index (χ3n) is 3.98. The van der Waals surface area contributed by atoms with E-state index in [-0.39, 0.29) is 29.8 Å². The van der Waals surface area contributed by atoms with Crippen LogP contribution in [0, 0.1) is 12.7 Å². The molecule has 2 rings (SSSR count). The minimum absolute atomic E-state index is 0.0600. The number of halogens is 1. The van der Waals surface area contributed by atoms with Gasteiger partial charge in [0.25, 0.3) is 5.91 Å². The van der Waals surface area contributed by atoms with Crippen LogP contribution in [-0.4, -0.2) is 35.1 Å². The highest BCUT2D eigenvalue weighted by Gasteiger charge is 2.26. The summed E-state index contributed by atoms with van der Waals surface area (Å²) >= 11 is 0. The molecule has 1 aromatic carbocycles. The van der Waals surface area contributed by atoms with Crippen molar-refractivity contribution in [2.75, 3.05) is 18.9 Å². The Bertz CT molecular complexity index is 482. The van der Waals surface area contributed by atoms with E-state index in [2.05, 4.69) is 0 Å². The Morgan fingerprint density at radius 1 is 1.45 bits per heavy atom. The van der Waals surface area contributed by atoms with E-state index in [1.165, 1.54) is 12.1 Å². The second-order valence-corrected chi connectivity index (χ2v) is 5.36. The van der Waals surface area contributed by atoms with Crippen molar-refractivity contribution in [2.45, 2.75) is 38.6 Å². The summed E-state index contributed by atoms with van der Waals surface area (Å²) in [5.74, 6) is -0.722. The number of hydrogen-bond acceptors (Lipinski definition) is 3. The van der Waals surface area contributed by atoms with Crippen LogP contribution >= 0.6 is 0 Å². The summed E-state index contributed by atoms with van der Waals surface area (Å²) in [6.45, 7) is 2.12. The average molecular weight is 280 g/mol. The van der Waals surface area contributed by atoms with Crippen molar-refractivity contribution >= 4 is 11.6 Å². The van der Waals surface area contributed by atoms with Crippen LogP contribution < -0.4 is 5.73 Å². The number of benzene rings is 1. The van der Waals surface area contributed by atoms with E-state index in [4.69, 9.17) is 5.73 Å². The fourth-order valence-electron chi connectivity index (χ4n) is 2.62.